The Kier molecular flexibility index (Phi) is 61.8. The molecule has 5 fully saturated rings. The molecule has 5 aliphatic rings. The average Bonchev–Trinajstić information content (AvgIpc) is 1.68. The maximum atomic E-state index is 13.6. The second-order valence-electron chi connectivity index (χ2n) is 38.3. The molecule has 0 spiro atoms. The van der Waals surface area contributed by atoms with E-state index < -0.39 is 60.6 Å². The van der Waals surface area contributed by atoms with Crippen LogP contribution in [0.1, 0.15) is 440 Å². The molecule has 0 aromatic heterocycles. The zero-order chi connectivity index (χ0) is 90.8. The first-order chi connectivity index (χ1) is 60.6. The predicted octanol–water partition coefficient (Wildman–Crippen LogP) is 18.7. The number of carbonyl (C=O) groups excluding carboxylic acids is 5. The first kappa shape index (κ1) is 112. The number of nitrogens with zero attached hydrogens (tertiary/aromatic N) is 2. The van der Waals surface area contributed by atoms with Crippen molar-refractivity contribution in [2.75, 3.05) is 40.5 Å². The first-order valence-electron chi connectivity index (χ1n) is 51.9. The highest BCUT2D eigenvalue weighted by Crippen LogP contribution is 2.40. The highest BCUT2D eigenvalue weighted by atomic mass is 16.6. The van der Waals surface area contributed by atoms with Gasteiger partial charge in [-0.25, -0.2) is 0 Å². The van der Waals surface area contributed by atoms with Crippen molar-refractivity contribution in [2.45, 2.75) is 574 Å². The molecular weight excluding hydrogens is 1590 g/mol. The van der Waals surface area contributed by atoms with Crippen molar-refractivity contribution in [1.82, 2.24) is 9.80 Å². The Labute approximate surface area is 757 Å². The van der Waals surface area contributed by atoms with Gasteiger partial charge in [0.25, 0.3) is 0 Å². The Balaban J connectivity index is 1.06. The highest BCUT2D eigenvalue weighted by Gasteiger charge is 2.48. The molecule has 5 rings (SSSR count). The van der Waals surface area contributed by atoms with Crippen molar-refractivity contribution < 1.29 is 107 Å². The number of aliphatic hydroxyl groups is 7. The number of hydrogen-bond acceptors (Lipinski definition) is 24. The Bertz CT molecular complexity index is 2720. The van der Waals surface area contributed by atoms with Crippen molar-refractivity contribution in [1.29, 1.82) is 0 Å². The number of likely N-dealkylation sites (N-methyl/N-ethyl adjacent to an activating group) is 2. The molecule has 5 saturated heterocycles. The Hall–Kier alpha value is -3.21. The van der Waals surface area contributed by atoms with Crippen LogP contribution in [0.25, 0.3) is 0 Å². The molecule has 24 heteroatoms. The lowest BCUT2D eigenvalue weighted by molar-refractivity contribution is -0.167. The number of hydrogen-bond donors (Lipinski definition) is 7. The third-order valence-corrected chi connectivity index (χ3v) is 27.3. The van der Waals surface area contributed by atoms with E-state index in [0.29, 0.717) is 122 Å². The summed E-state index contributed by atoms with van der Waals surface area (Å²) in [5, 5.41) is 79.6. The van der Waals surface area contributed by atoms with E-state index in [9.17, 15) is 59.7 Å². The van der Waals surface area contributed by atoms with Crippen LogP contribution in [0.4, 0.5) is 0 Å². The lowest BCUT2D eigenvalue weighted by atomic mass is 9.92. The van der Waals surface area contributed by atoms with Crippen molar-refractivity contribution in [2.24, 2.45) is 0 Å². The van der Waals surface area contributed by atoms with E-state index in [0.717, 1.165) is 257 Å². The van der Waals surface area contributed by atoms with Gasteiger partial charge in [0, 0.05) is 62.7 Å². The molecule has 125 heavy (non-hydrogen) atoms. The number of aliphatic hydroxyl groups excluding tert-OH is 7. The summed E-state index contributed by atoms with van der Waals surface area (Å²) in [6.07, 6.45) is 46.7. The molecule has 5 heterocycles. The lowest BCUT2D eigenvalue weighted by Gasteiger charge is -2.40. The molecule has 22 atom stereocenters. The minimum absolute atomic E-state index is 0.0139. The van der Waals surface area contributed by atoms with Gasteiger partial charge in [-0.05, 0) is 181 Å². The van der Waals surface area contributed by atoms with Crippen LogP contribution >= 0.6 is 0 Å². The largest absolute Gasteiger partial charge is 0.466 e. The number of esters is 5. The summed E-state index contributed by atoms with van der Waals surface area (Å²) in [5.41, 5.74) is 0. The molecule has 0 amide bonds. The van der Waals surface area contributed by atoms with Gasteiger partial charge in [0.1, 0.15) is 13.2 Å². The Morgan fingerprint density at radius 2 is 0.568 bits per heavy atom. The van der Waals surface area contributed by atoms with Gasteiger partial charge < -0.3 is 83.1 Å². The van der Waals surface area contributed by atoms with Gasteiger partial charge in [-0.2, -0.15) is 0 Å². The van der Waals surface area contributed by atoms with E-state index in [1.807, 2.05) is 34.7 Å². The summed E-state index contributed by atoms with van der Waals surface area (Å²) in [6, 6.07) is -0.844. The minimum atomic E-state index is -0.975. The van der Waals surface area contributed by atoms with Crippen LogP contribution in [0.2, 0.25) is 0 Å². The fourth-order valence-corrected chi connectivity index (χ4v) is 18.7. The highest BCUT2D eigenvalue weighted by molar-refractivity contribution is 5.71. The SMILES string of the molecule is CCCCCCCCC(O)C(CCCCCCCC(=O)OCC(COC(=O)CCCCCCCC1OC1CC(O)CCC1OC1CC)OC(=O)CCCCCCCC(O)C(CC1OC1CCCCC)N(C)C(CC1OC1CCC(O)CCCCCCCC(=O)OCCC)C(O)CC)N(C)C(CC1OC1CCC(O)CCCCCCCC(=O)OCCC)C(O)CC. The quantitative estimate of drug-likeness (QED) is 0.0129. The molecule has 5 aliphatic heterocycles. The van der Waals surface area contributed by atoms with Crippen molar-refractivity contribution in [3.63, 3.8) is 0 Å². The standard InChI is InChI=1S/C101H186N2O22/c1-10-17-19-20-29-41-52-85(109)79(102(8)80(83(107)14-5)70-95-91(124-95)64-61-75(104)49-38-26-21-32-44-56-97(111)116-67-12-3)51-40-28-23-34-46-58-99(113)118-73-78(74-119-100(114)59-47-35-25-31-43-55-88-93(122-88)69-77(106)63-66-90-87(16-7)121-90)120-101(115)60-48-36-24-30-42-53-86(110)82(72-94-89(123-94)54-37-18-11-2)103(9)81(84(108)15-6)71-96-92(125-96)65-62-76(105)50-39-27-22-33-45-57-98(112)117-68-13-4/h75-96,104-110H,10-74H2,1-9H3. The van der Waals surface area contributed by atoms with Crippen LogP contribution < -0.4 is 0 Å². The summed E-state index contributed by atoms with van der Waals surface area (Å²) >= 11 is 0. The summed E-state index contributed by atoms with van der Waals surface area (Å²) < 4.78 is 57.9. The summed E-state index contributed by atoms with van der Waals surface area (Å²) in [6.45, 7) is 15.0. The summed E-state index contributed by atoms with van der Waals surface area (Å²) in [5.74, 6) is -1.52. The normalized spacial score (nSPS) is 23.0. The fourth-order valence-electron chi connectivity index (χ4n) is 18.7. The zero-order valence-corrected chi connectivity index (χ0v) is 80.3. The van der Waals surface area contributed by atoms with Gasteiger partial charge in [0.2, 0.25) is 0 Å². The lowest BCUT2D eigenvalue weighted by Crippen LogP contribution is -2.52. The number of rotatable bonds is 88. The number of ether oxygens (including phenoxy) is 10. The van der Waals surface area contributed by atoms with Gasteiger partial charge in [0.05, 0.1) is 117 Å². The second kappa shape index (κ2) is 68.7. The molecule has 732 valence electrons. The minimum Gasteiger partial charge on any atom is -0.466 e. The molecule has 22 unspecified atom stereocenters. The smallest absolute Gasteiger partial charge is 0.306 e. The van der Waals surface area contributed by atoms with Crippen LogP contribution in [-0.2, 0) is 71.3 Å². The number of carbonyl (C=O) groups is 5. The van der Waals surface area contributed by atoms with Crippen LogP contribution in [0.3, 0.4) is 0 Å². The Morgan fingerprint density at radius 3 is 0.968 bits per heavy atom. The molecule has 0 aliphatic carbocycles. The van der Waals surface area contributed by atoms with Crippen molar-refractivity contribution >= 4 is 29.8 Å². The van der Waals surface area contributed by atoms with E-state index in [-0.39, 0.29) is 124 Å². The summed E-state index contributed by atoms with van der Waals surface area (Å²) in [4.78, 5) is 68.3. The number of epoxide rings is 5. The molecule has 0 bridgehead atoms. The van der Waals surface area contributed by atoms with Gasteiger partial charge in [0.15, 0.2) is 6.10 Å². The zero-order valence-electron chi connectivity index (χ0n) is 80.3. The van der Waals surface area contributed by atoms with Crippen LogP contribution in [0, 0.1) is 0 Å². The second-order valence-corrected chi connectivity index (χ2v) is 38.3. The van der Waals surface area contributed by atoms with E-state index in [1.54, 1.807) is 0 Å². The van der Waals surface area contributed by atoms with E-state index in [1.165, 1.54) is 19.3 Å². The third-order valence-electron chi connectivity index (χ3n) is 27.3. The third kappa shape index (κ3) is 52.1. The molecule has 7 N–H and O–H groups in total. The predicted molar refractivity (Wildman–Crippen MR) is 491 cm³/mol. The monoisotopic (exact) mass is 1780 g/mol. The molecule has 0 aromatic rings. The van der Waals surface area contributed by atoms with Gasteiger partial charge >= 0.3 is 29.8 Å². The first-order valence-corrected chi connectivity index (χ1v) is 51.9. The molecule has 24 nitrogen and oxygen atoms in total. The molecule has 0 saturated carbocycles. The topological polar surface area (TPSA) is 342 Å². The van der Waals surface area contributed by atoms with Crippen LogP contribution in [0.15, 0.2) is 0 Å². The molecule has 0 radical (unpaired) electrons. The maximum Gasteiger partial charge on any atom is 0.306 e. The molecule has 0 aromatic carbocycles. The molecular formula is C101H186N2O22. The van der Waals surface area contributed by atoms with Gasteiger partial charge in [-0.1, -0.05) is 235 Å². The van der Waals surface area contributed by atoms with Crippen LogP contribution in [-0.4, -0.2) is 250 Å². The maximum absolute atomic E-state index is 13.6. The van der Waals surface area contributed by atoms with Gasteiger partial charge in [-0.3, -0.25) is 33.8 Å². The van der Waals surface area contributed by atoms with Crippen LogP contribution in [0.5, 0.6) is 0 Å². The van der Waals surface area contributed by atoms with Crippen molar-refractivity contribution in [3.8, 4) is 0 Å². The van der Waals surface area contributed by atoms with Gasteiger partial charge in [-0.15, -0.1) is 0 Å². The Morgan fingerprint density at radius 1 is 0.272 bits per heavy atom. The fraction of sp³-hybridized carbons (Fsp3) is 0.950. The van der Waals surface area contributed by atoms with E-state index >= 15 is 0 Å². The van der Waals surface area contributed by atoms with E-state index in [2.05, 4.69) is 37.6 Å². The van der Waals surface area contributed by atoms with Crippen molar-refractivity contribution in [3.05, 3.63) is 0 Å². The number of unbranched alkanes of at least 4 members (excludes halogenated alkanes) is 27. The summed E-state index contributed by atoms with van der Waals surface area (Å²) in [7, 11) is 4.09. The average molecular weight is 1780 g/mol. The van der Waals surface area contributed by atoms with E-state index in [4.69, 9.17) is 47.4 Å².